The van der Waals surface area contributed by atoms with E-state index in [9.17, 15) is 13.6 Å². The molecule has 7 nitrogen and oxygen atoms in total. The standard InChI is InChI=1S/C25H23F2N5O2S/c26-19-9-18(10-20(27)11-19)23-15-35-25(33)32(31-23)14-16-2-1-3-17(8-16)24-29-12-22(13-30-24)34-21-4-6-28-7-5-21/h1-3,8-13,21,28H,4-7,14-15H2. The van der Waals surface area contributed by atoms with Crippen molar-refractivity contribution in [1.82, 2.24) is 20.3 Å². The highest BCUT2D eigenvalue weighted by molar-refractivity contribution is 8.14. The quantitative estimate of drug-likeness (QED) is 0.537. The number of benzene rings is 2. The molecule has 2 aromatic carbocycles. The van der Waals surface area contributed by atoms with Crippen LogP contribution in [0.15, 0.2) is 60.0 Å². The number of amides is 1. The summed E-state index contributed by atoms with van der Waals surface area (Å²) in [5, 5.41) is 8.76. The summed E-state index contributed by atoms with van der Waals surface area (Å²) in [6.45, 7) is 2.09. The minimum atomic E-state index is -0.684. The number of carbonyl (C=O) groups excluding carboxylic acids is 1. The molecule has 180 valence electrons. The first kappa shape index (κ1) is 23.4. The highest BCUT2D eigenvalue weighted by Gasteiger charge is 2.23. The Hall–Kier alpha value is -3.37. The Morgan fingerprint density at radius 2 is 1.77 bits per heavy atom. The Bertz CT molecular complexity index is 1230. The molecule has 1 N–H and O–H groups in total. The van der Waals surface area contributed by atoms with Gasteiger partial charge in [0.1, 0.15) is 17.7 Å². The van der Waals surface area contributed by atoms with Gasteiger partial charge in [0.2, 0.25) is 0 Å². The fourth-order valence-corrected chi connectivity index (χ4v) is 4.73. The van der Waals surface area contributed by atoms with Gasteiger partial charge in [0.25, 0.3) is 0 Å². The lowest BCUT2D eigenvalue weighted by molar-refractivity contribution is 0.161. The molecule has 0 saturated carbocycles. The van der Waals surface area contributed by atoms with Crippen LogP contribution in [-0.2, 0) is 6.54 Å². The molecule has 10 heteroatoms. The molecule has 2 aliphatic heterocycles. The van der Waals surface area contributed by atoms with Gasteiger partial charge in [0.05, 0.1) is 24.7 Å². The molecule has 0 spiro atoms. The number of thioether (sulfide) groups is 1. The number of nitrogens with one attached hydrogen (secondary N) is 1. The Balaban J connectivity index is 1.30. The summed E-state index contributed by atoms with van der Waals surface area (Å²) in [6.07, 6.45) is 5.43. The van der Waals surface area contributed by atoms with Crippen molar-refractivity contribution in [3.05, 3.63) is 77.6 Å². The lowest BCUT2D eigenvalue weighted by atomic mass is 10.1. The van der Waals surface area contributed by atoms with E-state index in [4.69, 9.17) is 4.74 Å². The highest BCUT2D eigenvalue weighted by atomic mass is 32.2. The van der Waals surface area contributed by atoms with Crippen LogP contribution in [0.5, 0.6) is 5.75 Å². The Morgan fingerprint density at radius 1 is 1.03 bits per heavy atom. The molecule has 1 saturated heterocycles. The van der Waals surface area contributed by atoms with Gasteiger partial charge in [0, 0.05) is 22.9 Å². The monoisotopic (exact) mass is 495 g/mol. The molecular formula is C25H23F2N5O2S. The van der Waals surface area contributed by atoms with Gasteiger partial charge in [-0.05, 0) is 49.7 Å². The summed E-state index contributed by atoms with van der Waals surface area (Å²) in [7, 11) is 0. The van der Waals surface area contributed by atoms with E-state index < -0.39 is 11.6 Å². The number of rotatable bonds is 6. The van der Waals surface area contributed by atoms with E-state index in [0.717, 1.165) is 54.9 Å². The molecule has 0 aliphatic carbocycles. The smallest absolute Gasteiger partial charge is 0.302 e. The van der Waals surface area contributed by atoms with Gasteiger partial charge in [0.15, 0.2) is 11.6 Å². The molecule has 2 aliphatic rings. The largest absolute Gasteiger partial charge is 0.487 e. The summed E-state index contributed by atoms with van der Waals surface area (Å²) < 4.78 is 33.3. The molecular weight excluding hydrogens is 472 g/mol. The Labute approximate surface area is 205 Å². The average molecular weight is 496 g/mol. The van der Waals surface area contributed by atoms with Crippen LogP contribution in [0.4, 0.5) is 13.6 Å². The van der Waals surface area contributed by atoms with Gasteiger partial charge in [-0.3, -0.25) is 4.79 Å². The summed E-state index contributed by atoms with van der Waals surface area (Å²) >= 11 is 1.05. The number of hydrazone groups is 1. The zero-order valence-electron chi connectivity index (χ0n) is 18.8. The van der Waals surface area contributed by atoms with Gasteiger partial charge >= 0.3 is 5.24 Å². The molecule has 0 radical (unpaired) electrons. The molecule has 1 aromatic heterocycles. The third-order valence-electron chi connectivity index (χ3n) is 5.71. The molecule has 0 bridgehead atoms. The summed E-state index contributed by atoms with van der Waals surface area (Å²) in [4.78, 5) is 21.4. The highest BCUT2D eigenvalue weighted by Crippen LogP contribution is 2.25. The number of ether oxygens (including phenoxy) is 1. The van der Waals surface area contributed by atoms with Gasteiger partial charge in [-0.15, -0.1) is 0 Å². The first-order valence-corrected chi connectivity index (χ1v) is 12.3. The summed E-state index contributed by atoms with van der Waals surface area (Å²) in [6, 6.07) is 10.8. The lowest BCUT2D eigenvalue weighted by Gasteiger charge is -2.23. The minimum absolute atomic E-state index is 0.170. The molecule has 0 atom stereocenters. The predicted octanol–water partition coefficient (Wildman–Crippen LogP) is 4.63. The topological polar surface area (TPSA) is 79.7 Å². The molecule has 5 rings (SSSR count). The maximum Gasteiger partial charge on any atom is 0.302 e. The fourth-order valence-electron chi connectivity index (χ4n) is 3.99. The number of aromatic nitrogens is 2. The molecule has 3 aromatic rings. The van der Waals surface area contributed by atoms with E-state index in [1.54, 1.807) is 12.4 Å². The van der Waals surface area contributed by atoms with Crippen LogP contribution in [0.2, 0.25) is 0 Å². The lowest BCUT2D eigenvalue weighted by Crippen LogP contribution is -2.34. The Morgan fingerprint density at radius 3 is 2.51 bits per heavy atom. The normalized spacial score (nSPS) is 16.8. The summed E-state index contributed by atoms with van der Waals surface area (Å²) in [5.74, 6) is 0.0662. The zero-order valence-corrected chi connectivity index (χ0v) is 19.6. The van der Waals surface area contributed by atoms with Gasteiger partial charge < -0.3 is 10.1 Å². The second kappa shape index (κ2) is 10.5. The van der Waals surface area contributed by atoms with E-state index in [1.165, 1.54) is 17.1 Å². The van der Waals surface area contributed by atoms with Crippen LogP contribution in [-0.4, -0.2) is 50.9 Å². The number of nitrogens with zero attached hydrogens (tertiary/aromatic N) is 4. The predicted molar refractivity (Wildman–Crippen MR) is 130 cm³/mol. The Kier molecular flexibility index (Phi) is 7.01. The average Bonchev–Trinajstić information content (AvgIpc) is 2.86. The third kappa shape index (κ3) is 5.83. The summed E-state index contributed by atoms with van der Waals surface area (Å²) in [5.41, 5.74) is 2.38. The molecule has 3 heterocycles. The second-order valence-corrected chi connectivity index (χ2v) is 9.25. The van der Waals surface area contributed by atoms with Crippen LogP contribution in [0.1, 0.15) is 24.0 Å². The third-order valence-corrected chi connectivity index (χ3v) is 6.59. The maximum absolute atomic E-state index is 13.6. The van der Waals surface area contributed by atoms with Crippen LogP contribution >= 0.6 is 11.8 Å². The van der Waals surface area contributed by atoms with Crippen molar-refractivity contribution in [1.29, 1.82) is 0 Å². The van der Waals surface area contributed by atoms with Crippen LogP contribution in [0, 0.1) is 11.6 Å². The van der Waals surface area contributed by atoms with Crippen molar-refractivity contribution in [2.45, 2.75) is 25.5 Å². The van der Waals surface area contributed by atoms with Crippen molar-refractivity contribution in [2.24, 2.45) is 5.10 Å². The number of piperidine rings is 1. The SMILES string of the molecule is O=C1SCC(c2cc(F)cc(F)c2)=NN1Cc1cccc(-c2ncc(OC3CCNCC3)cn2)c1. The van der Waals surface area contributed by atoms with Crippen LogP contribution in [0.3, 0.4) is 0 Å². The van der Waals surface area contributed by atoms with Crippen molar-refractivity contribution in [2.75, 3.05) is 18.8 Å². The number of carbonyl (C=O) groups is 1. The van der Waals surface area contributed by atoms with Crippen molar-refractivity contribution >= 4 is 22.7 Å². The first-order valence-electron chi connectivity index (χ1n) is 11.3. The van der Waals surface area contributed by atoms with Crippen molar-refractivity contribution < 1.29 is 18.3 Å². The van der Waals surface area contributed by atoms with E-state index >= 15 is 0 Å². The van der Waals surface area contributed by atoms with E-state index in [1.807, 2.05) is 24.3 Å². The van der Waals surface area contributed by atoms with Crippen molar-refractivity contribution in [3.63, 3.8) is 0 Å². The van der Waals surface area contributed by atoms with Gasteiger partial charge in [-0.1, -0.05) is 30.0 Å². The minimum Gasteiger partial charge on any atom is -0.487 e. The second-order valence-electron chi connectivity index (χ2n) is 8.33. The number of hydrogen-bond acceptors (Lipinski definition) is 7. The molecule has 0 unspecified atom stereocenters. The van der Waals surface area contributed by atoms with Gasteiger partial charge in [-0.2, -0.15) is 5.10 Å². The van der Waals surface area contributed by atoms with Crippen molar-refractivity contribution in [3.8, 4) is 17.1 Å². The molecule has 1 fully saturated rings. The van der Waals surface area contributed by atoms with Gasteiger partial charge in [-0.25, -0.2) is 23.8 Å². The fraction of sp³-hybridized carbons (Fsp3) is 0.280. The molecule has 35 heavy (non-hydrogen) atoms. The first-order chi connectivity index (χ1) is 17.0. The van der Waals surface area contributed by atoms with E-state index in [0.29, 0.717) is 22.8 Å². The molecule has 1 amide bonds. The maximum atomic E-state index is 13.6. The van der Waals surface area contributed by atoms with Crippen LogP contribution in [0.25, 0.3) is 11.4 Å². The van der Waals surface area contributed by atoms with Crippen LogP contribution < -0.4 is 10.1 Å². The van der Waals surface area contributed by atoms with E-state index in [2.05, 4.69) is 20.4 Å². The number of halogens is 2. The zero-order chi connectivity index (χ0) is 24.2. The van der Waals surface area contributed by atoms with E-state index in [-0.39, 0.29) is 23.6 Å². The number of hydrogen-bond donors (Lipinski definition) is 1.